The van der Waals surface area contributed by atoms with E-state index >= 15 is 0 Å². The Balaban J connectivity index is 3.02. The number of carbonyl (C=O) groups is 1. The molecule has 0 aliphatic rings. The van der Waals surface area contributed by atoms with Crippen LogP contribution in [-0.2, 0) is 0 Å². The third kappa shape index (κ3) is 3.37. The average molecular weight is 236 g/mol. The van der Waals surface area contributed by atoms with E-state index in [-0.39, 0.29) is 6.04 Å². The van der Waals surface area contributed by atoms with Crippen LogP contribution < -0.4 is 15.8 Å². The number of methoxy groups -OCH3 is 1. The Morgan fingerprint density at radius 1 is 1.35 bits per heavy atom. The molecule has 4 nitrogen and oxygen atoms in total. The van der Waals surface area contributed by atoms with Gasteiger partial charge in [-0.2, -0.15) is 0 Å². The minimum Gasteiger partial charge on any atom is -0.495 e. The molecule has 94 valence electrons. The molecule has 0 spiro atoms. The van der Waals surface area contributed by atoms with Crippen molar-refractivity contribution < 1.29 is 9.53 Å². The molecule has 0 radical (unpaired) electrons. The molecule has 1 amide bonds. The molecule has 0 aliphatic carbocycles. The monoisotopic (exact) mass is 236 g/mol. The molecule has 0 heterocycles. The fourth-order valence-electron chi connectivity index (χ4n) is 1.39. The number of nitrogens with one attached hydrogen (secondary N) is 1. The molecule has 1 rings (SSSR count). The summed E-state index contributed by atoms with van der Waals surface area (Å²) in [6.07, 6.45) is 0. The number of ether oxygens (including phenoxy) is 1. The number of rotatable bonds is 5. The van der Waals surface area contributed by atoms with Crippen LogP contribution >= 0.6 is 0 Å². The molecule has 0 saturated heterocycles. The Morgan fingerprint density at radius 3 is 2.47 bits per heavy atom. The molecule has 17 heavy (non-hydrogen) atoms. The van der Waals surface area contributed by atoms with Crippen LogP contribution in [0.2, 0.25) is 0 Å². The maximum Gasteiger partial charge on any atom is 0.248 e. The number of nitrogens with two attached hydrogens (primary N) is 1. The van der Waals surface area contributed by atoms with Gasteiger partial charge in [0.05, 0.1) is 12.8 Å². The van der Waals surface area contributed by atoms with Crippen molar-refractivity contribution >= 4 is 11.6 Å². The highest BCUT2D eigenvalue weighted by atomic mass is 16.5. The van der Waals surface area contributed by atoms with E-state index < -0.39 is 5.91 Å². The number of primary amides is 1. The molecule has 1 aromatic carbocycles. The molecule has 1 aromatic rings. The van der Waals surface area contributed by atoms with Gasteiger partial charge in [0, 0.05) is 11.6 Å². The number of hydrogen-bond donors (Lipinski definition) is 2. The fraction of sp³-hybridized carbons (Fsp3) is 0.462. The molecule has 3 N–H and O–H groups in total. The van der Waals surface area contributed by atoms with E-state index in [0.29, 0.717) is 17.2 Å². The predicted molar refractivity (Wildman–Crippen MR) is 69.4 cm³/mol. The van der Waals surface area contributed by atoms with Gasteiger partial charge in [-0.15, -0.1) is 0 Å². The summed E-state index contributed by atoms with van der Waals surface area (Å²) in [4.78, 5) is 11.1. The van der Waals surface area contributed by atoms with E-state index in [1.807, 2.05) is 0 Å². The van der Waals surface area contributed by atoms with Crippen LogP contribution in [0.25, 0.3) is 0 Å². The van der Waals surface area contributed by atoms with Crippen LogP contribution in [0, 0.1) is 5.92 Å². The quantitative estimate of drug-likeness (QED) is 0.824. The Labute approximate surface area is 102 Å². The lowest BCUT2D eigenvalue weighted by Gasteiger charge is -2.20. The second-order valence-electron chi connectivity index (χ2n) is 4.46. The van der Waals surface area contributed by atoms with Gasteiger partial charge in [0.2, 0.25) is 5.91 Å². The highest BCUT2D eigenvalue weighted by Gasteiger charge is 2.12. The van der Waals surface area contributed by atoms with Gasteiger partial charge in [-0.25, -0.2) is 0 Å². The van der Waals surface area contributed by atoms with Crippen molar-refractivity contribution in [1.29, 1.82) is 0 Å². The molecule has 0 aliphatic heterocycles. The topological polar surface area (TPSA) is 64.3 Å². The summed E-state index contributed by atoms with van der Waals surface area (Å²) < 4.78 is 5.25. The van der Waals surface area contributed by atoms with Gasteiger partial charge in [-0.05, 0) is 31.0 Å². The van der Waals surface area contributed by atoms with Crippen molar-refractivity contribution in [2.75, 3.05) is 12.4 Å². The summed E-state index contributed by atoms with van der Waals surface area (Å²) in [6.45, 7) is 6.34. The minimum absolute atomic E-state index is 0.284. The average Bonchev–Trinajstić information content (AvgIpc) is 2.28. The summed E-state index contributed by atoms with van der Waals surface area (Å²) in [5, 5.41) is 3.32. The fourth-order valence-corrected chi connectivity index (χ4v) is 1.39. The van der Waals surface area contributed by atoms with Crippen LogP contribution in [-0.4, -0.2) is 19.1 Å². The summed E-state index contributed by atoms with van der Waals surface area (Å²) >= 11 is 0. The third-order valence-corrected chi connectivity index (χ3v) is 2.87. The zero-order valence-corrected chi connectivity index (χ0v) is 10.8. The van der Waals surface area contributed by atoms with Gasteiger partial charge in [-0.1, -0.05) is 13.8 Å². The first-order chi connectivity index (χ1) is 7.95. The highest BCUT2D eigenvalue weighted by molar-refractivity contribution is 5.94. The summed E-state index contributed by atoms with van der Waals surface area (Å²) in [5.74, 6) is 0.757. The predicted octanol–water partition coefficient (Wildman–Crippen LogP) is 2.25. The lowest BCUT2D eigenvalue weighted by molar-refractivity contribution is 0.100. The zero-order chi connectivity index (χ0) is 13.0. The zero-order valence-electron chi connectivity index (χ0n) is 10.8. The number of benzene rings is 1. The maximum absolute atomic E-state index is 11.1. The smallest absolute Gasteiger partial charge is 0.248 e. The van der Waals surface area contributed by atoms with Gasteiger partial charge < -0.3 is 15.8 Å². The van der Waals surface area contributed by atoms with Crippen molar-refractivity contribution in [2.45, 2.75) is 26.8 Å². The van der Waals surface area contributed by atoms with Gasteiger partial charge >= 0.3 is 0 Å². The van der Waals surface area contributed by atoms with Gasteiger partial charge in [0.1, 0.15) is 5.75 Å². The number of hydrogen-bond acceptors (Lipinski definition) is 3. The van der Waals surface area contributed by atoms with Gasteiger partial charge in [0.15, 0.2) is 0 Å². The lowest BCUT2D eigenvalue weighted by Crippen LogP contribution is -2.22. The molecular formula is C13H20N2O2. The molecule has 0 saturated carbocycles. The summed E-state index contributed by atoms with van der Waals surface area (Å²) in [7, 11) is 1.60. The Bertz CT molecular complexity index is 402. The van der Waals surface area contributed by atoms with Crippen molar-refractivity contribution in [3.8, 4) is 5.75 Å². The van der Waals surface area contributed by atoms with E-state index in [1.165, 1.54) is 0 Å². The number of anilines is 1. The van der Waals surface area contributed by atoms with E-state index in [1.54, 1.807) is 25.3 Å². The Hall–Kier alpha value is -1.71. The first-order valence-electron chi connectivity index (χ1n) is 5.70. The van der Waals surface area contributed by atoms with E-state index in [4.69, 9.17) is 10.5 Å². The Morgan fingerprint density at radius 2 is 2.00 bits per heavy atom. The normalized spacial score (nSPS) is 12.3. The largest absolute Gasteiger partial charge is 0.495 e. The molecule has 1 unspecified atom stereocenters. The van der Waals surface area contributed by atoms with Crippen LogP contribution in [0.5, 0.6) is 5.75 Å². The Kier molecular flexibility index (Phi) is 4.37. The summed E-state index contributed by atoms with van der Waals surface area (Å²) in [5.41, 5.74) is 6.53. The SMILES string of the molecule is COc1ccc(C(N)=O)cc1NC(C)C(C)C. The van der Waals surface area contributed by atoms with Crippen molar-refractivity contribution in [3.63, 3.8) is 0 Å². The maximum atomic E-state index is 11.1. The minimum atomic E-state index is -0.437. The van der Waals surface area contributed by atoms with E-state index in [0.717, 1.165) is 5.69 Å². The highest BCUT2D eigenvalue weighted by Crippen LogP contribution is 2.27. The van der Waals surface area contributed by atoms with Crippen LogP contribution in [0.15, 0.2) is 18.2 Å². The first kappa shape index (κ1) is 13.4. The van der Waals surface area contributed by atoms with Crippen LogP contribution in [0.3, 0.4) is 0 Å². The van der Waals surface area contributed by atoms with Gasteiger partial charge in [0.25, 0.3) is 0 Å². The van der Waals surface area contributed by atoms with Crippen molar-refractivity contribution in [2.24, 2.45) is 11.7 Å². The standard InChI is InChI=1S/C13H20N2O2/c1-8(2)9(3)15-11-7-10(13(14)16)5-6-12(11)17-4/h5-9,15H,1-4H3,(H2,14,16). The van der Waals surface area contributed by atoms with Gasteiger partial charge in [-0.3, -0.25) is 4.79 Å². The lowest BCUT2D eigenvalue weighted by atomic mass is 10.1. The summed E-state index contributed by atoms with van der Waals surface area (Å²) in [6, 6.07) is 5.41. The molecule has 0 aromatic heterocycles. The first-order valence-corrected chi connectivity index (χ1v) is 5.70. The molecule has 0 bridgehead atoms. The van der Waals surface area contributed by atoms with Crippen LogP contribution in [0.1, 0.15) is 31.1 Å². The second-order valence-corrected chi connectivity index (χ2v) is 4.46. The van der Waals surface area contributed by atoms with E-state index in [2.05, 4.69) is 26.1 Å². The second kappa shape index (κ2) is 5.57. The molecule has 4 heteroatoms. The van der Waals surface area contributed by atoms with Crippen LogP contribution in [0.4, 0.5) is 5.69 Å². The van der Waals surface area contributed by atoms with Crippen molar-refractivity contribution in [1.82, 2.24) is 0 Å². The van der Waals surface area contributed by atoms with E-state index in [9.17, 15) is 4.79 Å². The molecular weight excluding hydrogens is 216 g/mol. The molecule has 1 atom stereocenters. The third-order valence-electron chi connectivity index (χ3n) is 2.87. The molecule has 0 fully saturated rings. The van der Waals surface area contributed by atoms with Crippen molar-refractivity contribution in [3.05, 3.63) is 23.8 Å². The number of amides is 1. The number of carbonyl (C=O) groups excluding carboxylic acids is 1.